The lowest BCUT2D eigenvalue weighted by atomic mass is 10.2. The molecule has 1 heterocycles. The van der Waals surface area contributed by atoms with Gasteiger partial charge in [-0.3, -0.25) is 19.8 Å². The Bertz CT molecular complexity index is 1400. The van der Waals surface area contributed by atoms with Crippen molar-refractivity contribution >= 4 is 66.2 Å². The van der Waals surface area contributed by atoms with E-state index in [1.807, 2.05) is 55.5 Å². The number of benzene rings is 3. The van der Waals surface area contributed by atoms with Crippen molar-refractivity contribution in [2.45, 2.75) is 13.5 Å². The van der Waals surface area contributed by atoms with Gasteiger partial charge in [0.25, 0.3) is 5.91 Å². The van der Waals surface area contributed by atoms with Crippen LogP contribution in [0, 0.1) is 6.92 Å². The first kappa shape index (κ1) is 23.7. The van der Waals surface area contributed by atoms with Gasteiger partial charge in [-0.25, -0.2) is 4.68 Å². The molecule has 34 heavy (non-hydrogen) atoms. The third kappa shape index (κ3) is 5.37. The molecule has 4 rings (SSSR count). The number of hydrogen-bond acceptors (Lipinski definition) is 3. The van der Waals surface area contributed by atoms with Crippen LogP contribution in [0.25, 0.3) is 10.9 Å². The Kier molecular flexibility index (Phi) is 7.14. The number of hydrogen-bond donors (Lipinski definition) is 3. The number of aryl methyl sites for hydroxylation is 1. The molecule has 9 heteroatoms. The first-order valence-corrected chi connectivity index (χ1v) is 11.9. The molecule has 0 unspecified atom stereocenters. The van der Waals surface area contributed by atoms with Crippen LogP contribution in [0.1, 0.15) is 21.6 Å². The Balaban J connectivity index is 1.59. The second kappa shape index (κ2) is 10.2. The molecule has 1 aromatic heterocycles. The van der Waals surface area contributed by atoms with Crippen LogP contribution in [-0.4, -0.2) is 22.4 Å². The van der Waals surface area contributed by atoms with Crippen LogP contribution in [0.15, 0.2) is 81.7 Å². The molecule has 3 aromatic carbocycles. The first-order valence-electron chi connectivity index (χ1n) is 10.3. The molecule has 4 aromatic rings. The van der Waals surface area contributed by atoms with E-state index in [2.05, 4.69) is 47.9 Å². The van der Waals surface area contributed by atoms with Crippen molar-refractivity contribution in [1.82, 2.24) is 9.99 Å². The molecule has 0 fully saturated rings. The molecule has 0 radical (unpaired) electrons. The maximum atomic E-state index is 13.2. The third-order valence-electron chi connectivity index (χ3n) is 5.15. The number of nitrogens with one attached hydrogen (secondary N) is 3. The Morgan fingerprint density at radius 3 is 2.29 bits per heavy atom. The van der Waals surface area contributed by atoms with E-state index in [9.17, 15) is 14.4 Å². The molecule has 0 bridgehead atoms. The average Bonchev–Trinajstić information content (AvgIpc) is 3.17. The third-order valence-corrected chi connectivity index (χ3v) is 6.13. The van der Waals surface area contributed by atoms with Gasteiger partial charge in [0.05, 0.1) is 5.52 Å². The minimum atomic E-state index is -0.884. The molecule has 172 valence electrons. The summed E-state index contributed by atoms with van der Waals surface area (Å²) in [6.07, 6.45) is 0. The van der Waals surface area contributed by atoms with Gasteiger partial charge in [-0.15, -0.1) is 0 Å². The molecule has 0 spiro atoms. The zero-order chi connectivity index (χ0) is 24.2. The van der Waals surface area contributed by atoms with E-state index in [4.69, 9.17) is 0 Å². The molecule has 3 amide bonds. The summed E-state index contributed by atoms with van der Waals surface area (Å²) in [6.45, 7) is 2.09. The Morgan fingerprint density at radius 1 is 0.853 bits per heavy atom. The lowest BCUT2D eigenvalue weighted by Gasteiger charge is -2.13. The molecule has 0 atom stereocenters. The van der Waals surface area contributed by atoms with Crippen LogP contribution >= 0.6 is 31.9 Å². The predicted molar refractivity (Wildman–Crippen MR) is 139 cm³/mol. The molecule has 0 saturated carbocycles. The van der Waals surface area contributed by atoms with Crippen molar-refractivity contribution in [3.8, 4) is 0 Å². The highest BCUT2D eigenvalue weighted by Crippen LogP contribution is 2.25. The zero-order valence-corrected chi connectivity index (χ0v) is 21.2. The maximum absolute atomic E-state index is 13.2. The summed E-state index contributed by atoms with van der Waals surface area (Å²) >= 11 is 6.84. The minimum Gasteiger partial charge on any atom is -0.344 e. The van der Waals surface area contributed by atoms with E-state index in [1.165, 1.54) is 4.68 Å². The van der Waals surface area contributed by atoms with Crippen molar-refractivity contribution in [3.63, 3.8) is 0 Å². The van der Waals surface area contributed by atoms with E-state index >= 15 is 0 Å². The van der Waals surface area contributed by atoms with E-state index in [0.717, 1.165) is 25.5 Å². The van der Waals surface area contributed by atoms with E-state index in [-0.39, 0.29) is 12.2 Å². The van der Waals surface area contributed by atoms with Crippen molar-refractivity contribution < 1.29 is 14.4 Å². The topological polar surface area (TPSA) is 92.2 Å². The number of carbonyl (C=O) groups is 3. The van der Waals surface area contributed by atoms with Gasteiger partial charge < -0.3 is 10.6 Å². The predicted octanol–water partition coefficient (Wildman–Crippen LogP) is 5.11. The van der Waals surface area contributed by atoms with E-state index in [0.29, 0.717) is 11.2 Å². The minimum absolute atomic E-state index is 0.180. The molecule has 0 saturated heterocycles. The number of rotatable bonds is 5. The van der Waals surface area contributed by atoms with Gasteiger partial charge in [0, 0.05) is 26.6 Å². The van der Waals surface area contributed by atoms with Crippen molar-refractivity contribution in [2.75, 3.05) is 10.7 Å². The van der Waals surface area contributed by atoms with Gasteiger partial charge in [-0.2, -0.15) is 0 Å². The van der Waals surface area contributed by atoms with Crippen LogP contribution in [0.4, 0.5) is 5.69 Å². The second-order valence-electron chi connectivity index (χ2n) is 7.59. The van der Waals surface area contributed by atoms with E-state index < -0.39 is 17.7 Å². The van der Waals surface area contributed by atoms with Gasteiger partial charge >= 0.3 is 11.8 Å². The number of nitrogens with zero attached hydrogens (tertiary/aromatic N) is 1. The van der Waals surface area contributed by atoms with Crippen molar-refractivity contribution in [2.24, 2.45) is 0 Å². The van der Waals surface area contributed by atoms with E-state index in [1.54, 1.807) is 24.3 Å². The highest BCUT2D eigenvalue weighted by Gasteiger charge is 2.21. The summed E-state index contributed by atoms with van der Waals surface area (Å²) in [5.41, 5.74) is 5.69. The largest absolute Gasteiger partial charge is 0.344 e. The fraction of sp³-hybridized carbons (Fsp3) is 0.0800. The summed E-state index contributed by atoms with van der Waals surface area (Å²) in [5.74, 6) is -2.12. The number of fused-ring (bicyclic) bond motifs is 1. The molecule has 3 N–H and O–H groups in total. The fourth-order valence-corrected chi connectivity index (χ4v) is 4.29. The zero-order valence-electron chi connectivity index (χ0n) is 18.1. The molecule has 7 nitrogen and oxygen atoms in total. The lowest BCUT2D eigenvalue weighted by molar-refractivity contribution is -0.136. The van der Waals surface area contributed by atoms with Crippen LogP contribution in [0.3, 0.4) is 0 Å². The second-order valence-corrected chi connectivity index (χ2v) is 9.42. The number of carbonyl (C=O) groups excluding carboxylic acids is 3. The number of amides is 3. The highest BCUT2D eigenvalue weighted by atomic mass is 79.9. The van der Waals surface area contributed by atoms with Crippen LogP contribution in [-0.2, 0) is 16.1 Å². The number of halogens is 2. The van der Waals surface area contributed by atoms with Crippen LogP contribution in [0.5, 0.6) is 0 Å². The standard InChI is InChI=1S/C25H20Br2N4O3/c1-15-11-18(26)7-9-20(15)29-23(32)22-13-17-12-19(27)8-10-21(17)31(22)30-25(34)24(33)28-14-16-5-3-2-4-6-16/h2-13H,14H2,1H3,(H,28,33)(H,29,32)(H,30,34). The summed E-state index contributed by atoms with van der Waals surface area (Å²) in [7, 11) is 0. The quantitative estimate of drug-likeness (QED) is 0.285. The smallest absolute Gasteiger partial charge is 0.328 e. The molecule has 0 aliphatic heterocycles. The van der Waals surface area contributed by atoms with Gasteiger partial charge in [-0.05, 0) is 60.5 Å². The molecule has 0 aliphatic rings. The van der Waals surface area contributed by atoms with Crippen molar-refractivity contribution in [3.05, 3.63) is 98.6 Å². The van der Waals surface area contributed by atoms with Gasteiger partial charge in [0.2, 0.25) is 0 Å². The van der Waals surface area contributed by atoms with Crippen LogP contribution < -0.4 is 16.1 Å². The SMILES string of the molecule is Cc1cc(Br)ccc1NC(=O)c1cc2cc(Br)ccc2n1NC(=O)C(=O)NCc1ccccc1. The highest BCUT2D eigenvalue weighted by molar-refractivity contribution is 9.10. The Morgan fingerprint density at radius 2 is 1.56 bits per heavy atom. The normalized spacial score (nSPS) is 10.7. The Labute approximate surface area is 212 Å². The van der Waals surface area contributed by atoms with Gasteiger partial charge in [-0.1, -0.05) is 62.2 Å². The maximum Gasteiger partial charge on any atom is 0.328 e. The summed E-state index contributed by atoms with van der Waals surface area (Å²) in [4.78, 5) is 38.3. The summed E-state index contributed by atoms with van der Waals surface area (Å²) < 4.78 is 3.05. The van der Waals surface area contributed by atoms with Crippen LogP contribution in [0.2, 0.25) is 0 Å². The average molecular weight is 584 g/mol. The van der Waals surface area contributed by atoms with Gasteiger partial charge in [0.15, 0.2) is 0 Å². The van der Waals surface area contributed by atoms with Crippen molar-refractivity contribution in [1.29, 1.82) is 0 Å². The molecular formula is C25H20Br2N4O3. The number of aromatic nitrogens is 1. The first-order chi connectivity index (χ1) is 16.3. The summed E-state index contributed by atoms with van der Waals surface area (Å²) in [6, 6.07) is 21.8. The lowest BCUT2D eigenvalue weighted by Crippen LogP contribution is -2.39. The molecular weight excluding hydrogens is 564 g/mol. The monoisotopic (exact) mass is 582 g/mol. The summed E-state index contributed by atoms with van der Waals surface area (Å²) in [5, 5.41) is 6.19. The molecule has 0 aliphatic carbocycles. The number of anilines is 1. The van der Waals surface area contributed by atoms with Gasteiger partial charge in [0.1, 0.15) is 5.69 Å². The fourth-order valence-electron chi connectivity index (χ4n) is 3.44. The Hall–Kier alpha value is -3.43.